The Kier molecular flexibility index (Phi) is 7.29. The molecule has 0 aliphatic heterocycles. The molecule has 5 nitrogen and oxygen atoms in total. The number of amides is 1. The number of nitrogens with zero attached hydrogens (tertiary/aromatic N) is 2. The second-order valence-electron chi connectivity index (χ2n) is 7.69. The van der Waals surface area contributed by atoms with Crippen molar-refractivity contribution in [1.82, 2.24) is 14.9 Å². The van der Waals surface area contributed by atoms with E-state index in [4.69, 9.17) is 9.72 Å². The van der Waals surface area contributed by atoms with E-state index in [-0.39, 0.29) is 17.7 Å². The van der Waals surface area contributed by atoms with Gasteiger partial charge in [0.15, 0.2) is 11.6 Å². The smallest absolute Gasteiger partial charge is 0.251 e. The van der Waals surface area contributed by atoms with E-state index >= 15 is 0 Å². The van der Waals surface area contributed by atoms with Crippen LogP contribution in [0.15, 0.2) is 72.8 Å². The normalized spacial score (nSPS) is 12.0. The number of benzene rings is 3. The molecule has 0 bridgehead atoms. The zero-order valence-corrected chi connectivity index (χ0v) is 19.4. The lowest BCUT2D eigenvalue weighted by atomic mass is 10.1. The number of ether oxygens (including phenoxy) is 1. The van der Waals surface area contributed by atoms with E-state index in [9.17, 15) is 9.18 Å². The van der Waals surface area contributed by atoms with Crippen molar-refractivity contribution in [2.24, 2.45) is 0 Å². The van der Waals surface area contributed by atoms with Gasteiger partial charge in [-0.15, -0.1) is 0 Å². The molecule has 33 heavy (non-hydrogen) atoms. The van der Waals surface area contributed by atoms with Crippen molar-refractivity contribution < 1.29 is 13.9 Å². The summed E-state index contributed by atoms with van der Waals surface area (Å²) in [5.41, 5.74) is 3.17. The maximum Gasteiger partial charge on any atom is 0.251 e. The summed E-state index contributed by atoms with van der Waals surface area (Å²) in [6.45, 7) is 0.424. The number of para-hydroxylation sites is 2. The van der Waals surface area contributed by atoms with Crippen LogP contribution in [0.1, 0.15) is 34.2 Å². The van der Waals surface area contributed by atoms with E-state index in [1.165, 1.54) is 13.2 Å². The van der Waals surface area contributed by atoms with Crippen LogP contribution < -0.4 is 10.1 Å². The first-order valence-corrected chi connectivity index (χ1v) is 12.1. The molecule has 1 atom stereocenters. The third-order valence-corrected chi connectivity index (χ3v) is 6.15. The van der Waals surface area contributed by atoms with Gasteiger partial charge in [-0.05, 0) is 60.4 Å². The lowest BCUT2D eigenvalue weighted by Crippen LogP contribution is -2.31. The van der Waals surface area contributed by atoms with E-state index in [1.807, 2.05) is 54.8 Å². The van der Waals surface area contributed by atoms with Crippen molar-refractivity contribution in [3.05, 3.63) is 95.6 Å². The zero-order chi connectivity index (χ0) is 23.2. The van der Waals surface area contributed by atoms with E-state index in [0.29, 0.717) is 12.1 Å². The fourth-order valence-electron chi connectivity index (χ4n) is 3.85. The molecule has 4 rings (SSSR count). The molecule has 1 heterocycles. The van der Waals surface area contributed by atoms with Crippen LogP contribution >= 0.6 is 11.8 Å². The van der Waals surface area contributed by atoms with Crippen molar-refractivity contribution in [3.63, 3.8) is 0 Å². The third-order valence-electron chi connectivity index (χ3n) is 5.50. The van der Waals surface area contributed by atoms with E-state index in [0.717, 1.165) is 34.6 Å². The Morgan fingerprint density at radius 2 is 1.88 bits per heavy atom. The molecule has 3 aromatic carbocycles. The van der Waals surface area contributed by atoms with Crippen LogP contribution in [0.2, 0.25) is 0 Å². The van der Waals surface area contributed by atoms with E-state index in [1.54, 1.807) is 30.0 Å². The van der Waals surface area contributed by atoms with Crippen molar-refractivity contribution in [2.75, 3.05) is 19.1 Å². The van der Waals surface area contributed by atoms with Gasteiger partial charge >= 0.3 is 0 Å². The number of fused-ring (bicyclic) bond motifs is 1. The average Bonchev–Trinajstić information content (AvgIpc) is 3.20. The molecular weight excluding hydrogens is 437 g/mol. The predicted molar refractivity (Wildman–Crippen MR) is 131 cm³/mol. The molecule has 0 saturated carbocycles. The second kappa shape index (κ2) is 10.5. The summed E-state index contributed by atoms with van der Waals surface area (Å²) in [6, 6.07) is 21.7. The first kappa shape index (κ1) is 22.9. The van der Waals surface area contributed by atoms with Crippen LogP contribution in [-0.4, -0.2) is 34.6 Å². The number of carbonyl (C=O) groups is 1. The van der Waals surface area contributed by atoms with Gasteiger partial charge in [0, 0.05) is 12.1 Å². The number of nitrogens with one attached hydrogen (secondary N) is 1. The van der Waals surface area contributed by atoms with Gasteiger partial charge in [0.2, 0.25) is 0 Å². The largest absolute Gasteiger partial charge is 0.494 e. The molecule has 170 valence electrons. The van der Waals surface area contributed by atoms with Crippen LogP contribution in [0.4, 0.5) is 4.39 Å². The number of carbonyl (C=O) groups excluding carboxylic acids is 1. The van der Waals surface area contributed by atoms with Gasteiger partial charge in [-0.2, -0.15) is 11.8 Å². The highest BCUT2D eigenvalue weighted by atomic mass is 32.2. The van der Waals surface area contributed by atoms with E-state index in [2.05, 4.69) is 9.88 Å². The number of rotatable bonds is 9. The van der Waals surface area contributed by atoms with Gasteiger partial charge < -0.3 is 14.6 Å². The summed E-state index contributed by atoms with van der Waals surface area (Å²) in [6.07, 6.45) is 2.76. The standard InChI is InChI=1S/C26H26FN3O2S/c1-32-24-13-12-18(16-20(24)27)17-30-23-11-7-6-10-21(23)28-25(30)22(14-15-33-2)29-26(31)19-8-4-3-5-9-19/h3-13,16,22H,14-15,17H2,1-2H3,(H,29,31)/t22-/m1/s1. The Morgan fingerprint density at radius 1 is 1.12 bits per heavy atom. The van der Waals surface area contributed by atoms with Crippen LogP contribution in [0, 0.1) is 5.82 Å². The van der Waals surface area contributed by atoms with Crippen LogP contribution in [0.5, 0.6) is 5.75 Å². The number of hydrogen-bond donors (Lipinski definition) is 1. The Morgan fingerprint density at radius 3 is 2.61 bits per heavy atom. The fourth-order valence-corrected chi connectivity index (χ4v) is 4.32. The SMILES string of the molecule is COc1ccc(Cn2c([C@@H](CCSC)NC(=O)c3ccccc3)nc3ccccc32)cc1F. The Labute approximate surface area is 197 Å². The van der Waals surface area contributed by atoms with Gasteiger partial charge in [0.05, 0.1) is 24.2 Å². The van der Waals surface area contributed by atoms with Gasteiger partial charge in [0.25, 0.3) is 5.91 Å². The highest BCUT2D eigenvalue weighted by molar-refractivity contribution is 7.98. The molecule has 0 unspecified atom stereocenters. The number of thioether (sulfide) groups is 1. The summed E-state index contributed by atoms with van der Waals surface area (Å²) in [5.74, 6) is 1.28. The van der Waals surface area contributed by atoms with Crippen LogP contribution in [0.3, 0.4) is 0 Å². The molecule has 0 radical (unpaired) electrons. The van der Waals surface area contributed by atoms with Crippen molar-refractivity contribution in [1.29, 1.82) is 0 Å². The first-order chi connectivity index (χ1) is 16.1. The third kappa shape index (κ3) is 5.20. The summed E-state index contributed by atoms with van der Waals surface area (Å²) in [4.78, 5) is 17.9. The van der Waals surface area contributed by atoms with Crippen molar-refractivity contribution >= 4 is 28.7 Å². The Hall–Kier alpha value is -3.32. The predicted octanol–water partition coefficient (Wildman–Crippen LogP) is 5.46. The summed E-state index contributed by atoms with van der Waals surface area (Å²) >= 11 is 1.72. The van der Waals surface area contributed by atoms with Gasteiger partial charge in [-0.25, -0.2) is 9.37 Å². The molecule has 0 aliphatic rings. The van der Waals surface area contributed by atoms with Gasteiger partial charge in [-0.1, -0.05) is 36.4 Å². The van der Waals surface area contributed by atoms with Gasteiger partial charge in [-0.3, -0.25) is 4.79 Å². The summed E-state index contributed by atoms with van der Waals surface area (Å²) in [5, 5.41) is 3.17. The minimum Gasteiger partial charge on any atom is -0.494 e. The number of aromatic nitrogens is 2. The number of imidazole rings is 1. The number of methoxy groups -OCH3 is 1. The fraction of sp³-hybridized carbons (Fsp3) is 0.231. The highest BCUT2D eigenvalue weighted by Gasteiger charge is 2.23. The van der Waals surface area contributed by atoms with Crippen LogP contribution in [0.25, 0.3) is 11.0 Å². The minimum atomic E-state index is -0.405. The second-order valence-corrected chi connectivity index (χ2v) is 8.67. The lowest BCUT2D eigenvalue weighted by Gasteiger charge is -2.20. The molecule has 0 fully saturated rings. The quantitative estimate of drug-likeness (QED) is 0.358. The summed E-state index contributed by atoms with van der Waals surface area (Å²) < 4.78 is 21.5. The topological polar surface area (TPSA) is 56.1 Å². The zero-order valence-electron chi connectivity index (χ0n) is 18.6. The lowest BCUT2D eigenvalue weighted by molar-refractivity contribution is 0.0933. The minimum absolute atomic E-state index is 0.143. The molecule has 1 amide bonds. The molecule has 1 aromatic heterocycles. The molecule has 1 N–H and O–H groups in total. The van der Waals surface area contributed by atoms with E-state index < -0.39 is 5.82 Å². The maximum absolute atomic E-state index is 14.4. The van der Waals surface area contributed by atoms with Crippen LogP contribution in [-0.2, 0) is 6.54 Å². The monoisotopic (exact) mass is 463 g/mol. The van der Waals surface area contributed by atoms with Gasteiger partial charge in [0.1, 0.15) is 5.82 Å². The first-order valence-electron chi connectivity index (χ1n) is 10.7. The molecule has 7 heteroatoms. The van der Waals surface area contributed by atoms with Crippen molar-refractivity contribution in [3.8, 4) is 5.75 Å². The number of hydrogen-bond acceptors (Lipinski definition) is 4. The molecule has 0 spiro atoms. The Balaban J connectivity index is 1.73. The molecule has 0 aliphatic carbocycles. The maximum atomic E-state index is 14.4. The molecular formula is C26H26FN3O2S. The molecule has 0 saturated heterocycles. The average molecular weight is 464 g/mol. The number of halogens is 1. The Bertz CT molecular complexity index is 1240. The highest BCUT2D eigenvalue weighted by Crippen LogP contribution is 2.27. The van der Waals surface area contributed by atoms with Crippen molar-refractivity contribution in [2.45, 2.75) is 19.0 Å². The summed E-state index contributed by atoms with van der Waals surface area (Å²) in [7, 11) is 1.45. The molecule has 4 aromatic rings.